The standard InChI is InChI=1S/C36H49NO3/c1-4-7-8-9-10-11-12-13-14-15-28-39-34-24-20-31(21-25-34)32-22-26-35(27-23-32)40-29-30-16-18-33(19-17-30)36(38)37(5-2)6-3/h16-27H,4-15,28-29H2,1-3H3. The number of benzene rings is 3. The summed E-state index contributed by atoms with van der Waals surface area (Å²) < 4.78 is 11.9. The van der Waals surface area contributed by atoms with Gasteiger partial charge in [0.2, 0.25) is 0 Å². The molecule has 4 heteroatoms. The van der Waals surface area contributed by atoms with E-state index in [1.165, 1.54) is 57.8 Å². The van der Waals surface area contributed by atoms with E-state index in [-0.39, 0.29) is 5.91 Å². The number of carbonyl (C=O) groups excluding carboxylic acids is 1. The highest BCUT2D eigenvalue weighted by Crippen LogP contribution is 2.25. The lowest BCUT2D eigenvalue weighted by atomic mass is 10.1. The third-order valence-electron chi connectivity index (χ3n) is 7.47. The Kier molecular flexibility index (Phi) is 14.2. The molecule has 0 aliphatic carbocycles. The van der Waals surface area contributed by atoms with Crippen molar-refractivity contribution >= 4 is 5.91 Å². The van der Waals surface area contributed by atoms with Crippen molar-refractivity contribution in [3.8, 4) is 22.6 Å². The molecule has 0 unspecified atom stereocenters. The van der Waals surface area contributed by atoms with Gasteiger partial charge in [0.15, 0.2) is 0 Å². The van der Waals surface area contributed by atoms with Gasteiger partial charge in [0.1, 0.15) is 18.1 Å². The zero-order valence-electron chi connectivity index (χ0n) is 25.0. The average Bonchev–Trinajstić information content (AvgIpc) is 3.00. The number of ether oxygens (including phenoxy) is 2. The number of hydrogen-bond donors (Lipinski definition) is 0. The summed E-state index contributed by atoms with van der Waals surface area (Å²) in [6, 6.07) is 24.2. The molecule has 0 atom stereocenters. The molecule has 0 aliphatic heterocycles. The molecule has 0 fully saturated rings. The average molecular weight is 544 g/mol. The number of amides is 1. The van der Waals surface area contributed by atoms with Crippen LogP contribution < -0.4 is 9.47 Å². The lowest BCUT2D eigenvalue weighted by molar-refractivity contribution is 0.0773. The van der Waals surface area contributed by atoms with Gasteiger partial charge in [-0.25, -0.2) is 0 Å². The van der Waals surface area contributed by atoms with Gasteiger partial charge in [0, 0.05) is 18.7 Å². The molecule has 0 saturated heterocycles. The van der Waals surface area contributed by atoms with E-state index >= 15 is 0 Å². The molecule has 0 saturated carbocycles. The summed E-state index contributed by atoms with van der Waals surface area (Å²) in [4.78, 5) is 14.3. The van der Waals surface area contributed by atoms with Crippen LogP contribution in [-0.4, -0.2) is 30.5 Å². The molecule has 0 bridgehead atoms. The lowest BCUT2D eigenvalue weighted by Crippen LogP contribution is -2.30. The summed E-state index contributed by atoms with van der Waals surface area (Å²) in [7, 11) is 0. The highest BCUT2D eigenvalue weighted by Gasteiger charge is 2.12. The largest absolute Gasteiger partial charge is 0.494 e. The predicted molar refractivity (Wildman–Crippen MR) is 167 cm³/mol. The van der Waals surface area contributed by atoms with E-state index < -0.39 is 0 Å². The van der Waals surface area contributed by atoms with Crippen LogP contribution in [-0.2, 0) is 6.61 Å². The van der Waals surface area contributed by atoms with Crippen LogP contribution in [0.1, 0.15) is 101 Å². The lowest BCUT2D eigenvalue weighted by Gasteiger charge is -2.18. The van der Waals surface area contributed by atoms with Crippen molar-refractivity contribution in [1.29, 1.82) is 0 Å². The van der Waals surface area contributed by atoms with Gasteiger partial charge >= 0.3 is 0 Å². The van der Waals surface area contributed by atoms with Crippen LogP contribution in [0.25, 0.3) is 11.1 Å². The van der Waals surface area contributed by atoms with E-state index in [0.717, 1.165) is 41.2 Å². The Morgan fingerprint density at radius 3 is 1.55 bits per heavy atom. The first-order chi connectivity index (χ1) is 19.6. The fraction of sp³-hybridized carbons (Fsp3) is 0.472. The molecule has 3 rings (SSSR count). The Hall–Kier alpha value is -3.27. The van der Waals surface area contributed by atoms with Gasteiger partial charge in [-0.2, -0.15) is 0 Å². The van der Waals surface area contributed by atoms with Crippen LogP contribution in [0, 0.1) is 0 Å². The van der Waals surface area contributed by atoms with Crippen molar-refractivity contribution in [2.45, 2.75) is 91.6 Å². The molecule has 4 nitrogen and oxygen atoms in total. The van der Waals surface area contributed by atoms with Crippen LogP contribution in [0.3, 0.4) is 0 Å². The summed E-state index contributed by atoms with van der Waals surface area (Å²) in [5.74, 6) is 1.83. The van der Waals surface area contributed by atoms with Gasteiger partial charge < -0.3 is 14.4 Å². The van der Waals surface area contributed by atoms with E-state index in [2.05, 4.69) is 43.3 Å². The minimum atomic E-state index is 0.0711. The van der Waals surface area contributed by atoms with Crippen molar-refractivity contribution in [2.24, 2.45) is 0 Å². The quantitative estimate of drug-likeness (QED) is 0.141. The first-order valence-electron chi connectivity index (χ1n) is 15.5. The second-order valence-corrected chi connectivity index (χ2v) is 10.5. The van der Waals surface area contributed by atoms with Crippen molar-refractivity contribution in [3.63, 3.8) is 0 Å². The van der Waals surface area contributed by atoms with Gasteiger partial charge in [-0.15, -0.1) is 0 Å². The number of rotatable bonds is 19. The van der Waals surface area contributed by atoms with Gasteiger partial charge in [-0.3, -0.25) is 4.79 Å². The summed E-state index contributed by atoms with van der Waals surface area (Å²) >= 11 is 0. The van der Waals surface area contributed by atoms with Crippen LogP contribution in [0.5, 0.6) is 11.5 Å². The third kappa shape index (κ3) is 10.7. The van der Waals surface area contributed by atoms with Crippen LogP contribution in [0.15, 0.2) is 72.8 Å². The van der Waals surface area contributed by atoms with Crippen molar-refractivity contribution in [1.82, 2.24) is 4.90 Å². The maximum absolute atomic E-state index is 12.5. The second kappa shape index (κ2) is 18.1. The number of hydrogen-bond acceptors (Lipinski definition) is 3. The summed E-state index contributed by atoms with van der Waals surface area (Å²) in [6.45, 7) is 8.95. The fourth-order valence-electron chi connectivity index (χ4n) is 4.87. The predicted octanol–water partition coefficient (Wildman–Crippen LogP) is 9.71. The summed E-state index contributed by atoms with van der Waals surface area (Å²) in [5, 5.41) is 0. The Bertz CT molecular complexity index is 1090. The Morgan fingerprint density at radius 2 is 1.05 bits per heavy atom. The molecule has 0 radical (unpaired) electrons. The van der Waals surface area contributed by atoms with E-state index in [1.807, 2.05) is 55.1 Å². The monoisotopic (exact) mass is 543 g/mol. The van der Waals surface area contributed by atoms with E-state index in [0.29, 0.717) is 25.3 Å². The smallest absolute Gasteiger partial charge is 0.253 e. The topological polar surface area (TPSA) is 38.8 Å². The molecule has 3 aromatic carbocycles. The zero-order chi connectivity index (χ0) is 28.4. The maximum Gasteiger partial charge on any atom is 0.253 e. The minimum absolute atomic E-state index is 0.0711. The number of unbranched alkanes of at least 4 members (excludes halogenated alkanes) is 9. The van der Waals surface area contributed by atoms with Gasteiger partial charge in [-0.05, 0) is 73.4 Å². The molecule has 0 aromatic heterocycles. The molecule has 0 spiro atoms. The number of nitrogens with zero attached hydrogens (tertiary/aromatic N) is 1. The van der Waals surface area contributed by atoms with Crippen molar-refractivity contribution in [3.05, 3.63) is 83.9 Å². The molecule has 216 valence electrons. The molecule has 0 aliphatic rings. The van der Waals surface area contributed by atoms with Gasteiger partial charge in [0.05, 0.1) is 6.61 Å². The first kappa shape index (κ1) is 31.3. The fourth-order valence-corrected chi connectivity index (χ4v) is 4.87. The molecule has 1 amide bonds. The van der Waals surface area contributed by atoms with Gasteiger partial charge in [-0.1, -0.05) is 101 Å². The Labute approximate surface area is 242 Å². The van der Waals surface area contributed by atoms with Gasteiger partial charge in [0.25, 0.3) is 5.91 Å². The van der Waals surface area contributed by atoms with Crippen molar-refractivity contribution in [2.75, 3.05) is 19.7 Å². The molecular weight excluding hydrogens is 494 g/mol. The summed E-state index contributed by atoms with van der Waals surface area (Å²) in [6.07, 6.45) is 13.4. The number of carbonyl (C=O) groups is 1. The highest BCUT2D eigenvalue weighted by atomic mass is 16.5. The van der Waals surface area contributed by atoms with E-state index in [1.54, 1.807) is 0 Å². The normalized spacial score (nSPS) is 10.9. The van der Waals surface area contributed by atoms with Crippen LogP contribution >= 0.6 is 0 Å². The Balaban J connectivity index is 1.35. The summed E-state index contributed by atoms with van der Waals surface area (Å²) in [5.41, 5.74) is 4.06. The van der Waals surface area contributed by atoms with E-state index in [9.17, 15) is 4.79 Å². The molecule has 0 heterocycles. The molecule has 3 aromatic rings. The molecule has 40 heavy (non-hydrogen) atoms. The van der Waals surface area contributed by atoms with E-state index in [4.69, 9.17) is 9.47 Å². The molecule has 0 N–H and O–H groups in total. The minimum Gasteiger partial charge on any atom is -0.494 e. The zero-order valence-corrected chi connectivity index (χ0v) is 25.0. The highest BCUT2D eigenvalue weighted by molar-refractivity contribution is 5.94. The molecular formula is C36H49NO3. The first-order valence-corrected chi connectivity index (χ1v) is 15.5. The Morgan fingerprint density at radius 1 is 0.575 bits per heavy atom. The third-order valence-corrected chi connectivity index (χ3v) is 7.47. The van der Waals surface area contributed by atoms with Crippen LogP contribution in [0.4, 0.5) is 0 Å². The van der Waals surface area contributed by atoms with Crippen LogP contribution in [0.2, 0.25) is 0 Å². The van der Waals surface area contributed by atoms with Crippen molar-refractivity contribution < 1.29 is 14.3 Å². The maximum atomic E-state index is 12.5. The second-order valence-electron chi connectivity index (χ2n) is 10.5. The SMILES string of the molecule is CCCCCCCCCCCCOc1ccc(-c2ccc(OCc3ccc(C(=O)N(CC)CC)cc3)cc2)cc1.